The second-order valence-corrected chi connectivity index (χ2v) is 4.23. The maximum atomic E-state index is 3.23. The van der Waals surface area contributed by atoms with Gasteiger partial charge in [-0.25, -0.2) is 0 Å². The molecular weight excluding hydrogens is 228 g/mol. The van der Waals surface area contributed by atoms with E-state index in [9.17, 15) is 0 Å². The zero-order chi connectivity index (χ0) is 13.3. The van der Waals surface area contributed by atoms with E-state index in [1.807, 2.05) is 60.7 Å². The molecule has 0 nitrogen and oxygen atoms in total. The molecule has 0 atom stereocenters. The molecule has 0 aromatic heterocycles. The highest BCUT2D eigenvalue weighted by Crippen LogP contribution is 2.02. The Balaban J connectivity index is 2.10. The van der Waals surface area contributed by atoms with Crippen molar-refractivity contribution in [2.45, 2.75) is 13.3 Å². The van der Waals surface area contributed by atoms with E-state index in [-0.39, 0.29) is 5.92 Å². The third kappa shape index (κ3) is 4.38. The van der Waals surface area contributed by atoms with Gasteiger partial charge in [-0.15, -0.1) is 0 Å². The van der Waals surface area contributed by atoms with Gasteiger partial charge in [0.15, 0.2) is 0 Å². The zero-order valence-electron chi connectivity index (χ0n) is 11.1. The third-order valence-corrected chi connectivity index (χ3v) is 2.74. The summed E-state index contributed by atoms with van der Waals surface area (Å²) >= 11 is 0. The van der Waals surface area contributed by atoms with E-state index in [1.54, 1.807) is 0 Å². The van der Waals surface area contributed by atoms with Gasteiger partial charge in [0.05, 0.1) is 5.92 Å². The molecule has 19 heavy (non-hydrogen) atoms. The van der Waals surface area contributed by atoms with Crippen molar-refractivity contribution in [2.75, 3.05) is 0 Å². The van der Waals surface area contributed by atoms with Gasteiger partial charge < -0.3 is 0 Å². The molecule has 0 aliphatic rings. The Hall–Kier alpha value is -2.44. The largest absolute Gasteiger partial charge is 0.0816 e. The standard InChI is InChI=1S/C19H16/c1-2-17(13-15-18-9-5-3-6-10-18)14-16-19-11-7-4-8-12-19/h3-12,17H,2H2,1H3. The first-order valence-electron chi connectivity index (χ1n) is 6.51. The Kier molecular flexibility index (Phi) is 4.86. The third-order valence-electron chi connectivity index (χ3n) is 2.74. The highest BCUT2D eigenvalue weighted by Gasteiger charge is 1.95. The van der Waals surface area contributed by atoms with Gasteiger partial charge in [-0.2, -0.15) is 0 Å². The van der Waals surface area contributed by atoms with E-state index in [2.05, 4.69) is 30.6 Å². The molecule has 2 aromatic carbocycles. The summed E-state index contributed by atoms with van der Waals surface area (Å²) in [5.41, 5.74) is 2.09. The SMILES string of the molecule is CCC(C#Cc1ccccc1)C#Cc1ccccc1. The fraction of sp³-hybridized carbons (Fsp3) is 0.158. The molecule has 0 radical (unpaired) electrons. The van der Waals surface area contributed by atoms with Crippen LogP contribution in [-0.4, -0.2) is 0 Å². The minimum Gasteiger partial charge on any atom is -0.0814 e. The molecule has 0 saturated carbocycles. The molecule has 0 N–H and O–H groups in total. The first-order chi connectivity index (χ1) is 9.38. The van der Waals surface area contributed by atoms with Crippen LogP contribution in [0.3, 0.4) is 0 Å². The minimum absolute atomic E-state index is 0.125. The molecule has 0 heteroatoms. The fourth-order valence-electron chi connectivity index (χ4n) is 1.62. The molecule has 0 aliphatic heterocycles. The van der Waals surface area contributed by atoms with Crippen LogP contribution in [0.25, 0.3) is 0 Å². The lowest BCUT2D eigenvalue weighted by Crippen LogP contribution is -1.90. The smallest absolute Gasteiger partial charge is 0.0814 e. The zero-order valence-corrected chi connectivity index (χ0v) is 11.1. The van der Waals surface area contributed by atoms with Crippen molar-refractivity contribution in [3.8, 4) is 23.7 Å². The lowest BCUT2D eigenvalue weighted by molar-refractivity contribution is 0.827. The van der Waals surface area contributed by atoms with Crippen molar-refractivity contribution in [3.05, 3.63) is 71.8 Å². The van der Waals surface area contributed by atoms with Crippen LogP contribution in [0.5, 0.6) is 0 Å². The summed E-state index contributed by atoms with van der Waals surface area (Å²) in [6, 6.07) is 20.1. The van der Waals surface area contributed by atoms with Crippen molar-refractivity contribution >= 4 is 0 Å². The van der Waals surface area contributed by atoms with Gasteiger partial charge in [-0.05, 0) is 30.7 Å². The van der Waals surface area contributed by atoms with Gasteiger partial charge in [0, 0.05) is 11.1 Å². The summed E-state index contributed by atoms with van der Waals surface area (Å²) in [7, 11) is 0. The summed E-state index contributed by atoms with van der Waals surface area (Å²) in [6.45, 7) is 2.12. The number of hydrogen-bond donors (Lipinski definition) is 0. The van der Waals surface area contributed by atoms with Crippen LogP contribution < -0.4 is 0 Å². The summed E-state index contributed by atoms with van der Waals surface area (Å²) in [5, 5.41) is 0. The molecule has 0 spiro atoms. The van der Waals surface area contributed by atoms with E-state index in [1.165, 1.54) is 0 Å². The predicted octanol–water partition coefficient (Wildman–Crippen LogP) is 4.12. The van der Waals surface area contributed by atoms with Gasteiger partial charge >= 0.3 is 0 Å². The van der Waals surface area contributed by atoms with E-state index < -0.39 is 0 Å². The molecule has 0 unspecified atom stereocenters. The van der Waals surface area contributed by atoms with Crippen LogP contribution in [-0.2, 0) is 0 Å². The van der Waals surface area contributed by atoms with Crippen LogP contribution >= 0.6 is 0 Å². The Bertz CT molecular complexity index is 558. The van der Waals surface area contributed by atoms with E-state index in [0.29, 0.717) is 0 Å². The quantitative estimate of drug-likeness (QED) is 0.662. The van der Waals surface area contributed by atoms with Gasteiger partial charge in [0.25, 0.3) is 0 Å². The Labute approximate surface area is 115 Å². The average molecular weight is 244 g/mol. The van der Waals surface area contributed by atoms with E-state index in [0.717, 1.165) is 17.5 Å². The molecule has 0 heterocycles. The predicted molar refractivity (Wildman–Crippen MR) is 80.4 cm³/mol. The topological polar surface area (TPSA) is 0 Å². The van der Waals surface area contributed by atoms with Crippen molar-refractivity contribution in [1.82, 2.24) is 0 Å². The fourth-order valence-corrected chi connectivity index (χ4v) is 1.62. The molecule has 0 aliphatic carbocycles. The second kappa shape index (κ2) is 7.10. The Morgan fingerprint density at radius 3 is 1.53 bits per heavy atom. The van der Waals surface area contributed by atoms with E-state index in [4.69, 9.17) is 0 Å². The first kappa shape index (κ1) is 13.0. The molecule has 92 valence electrons. The Morgan fingerprint density at radius 2 is 1.16 bits per heavy atom. The monoisotopic (exact) mass is 244 g/mol. The molecular formula is C19H16. The second-order valence-electron chi connectivity index (χ2n) is 4.23. The number of hydrogen-bond acceptors (Lipinski definition) is 0. The van der Waals surface area contributed by atoms with Gasteiger partial charge in [-0.3, -0.25) is 0 Å². The molecule has 0 amide bonds. The van der Waals surface area contributed by atoms with Gasteiger partial charge in [0.2, 0.25) is 0 Å². The normalized spacial score (nSPS) is 9.16. The van der Waals surface area contributed by atoms with Crippen molar-refractivity contribution in [2.24, 2.45) is 5.92 Å². The molecule has 0 bridgehead atoms. The summed E-state index contributed by atoms with van der Waals surface area (Å²) in [4.78, 5) is 0. The van der Waals surface area contributed by atoms with Crippen molar-refractivity contribution in [1.29, 1.82) is 0 Å². The van der Waals surface area contributed by atoms with Crippen molar-refractivity contribution in [3.63, 3.8) is 0 Å². The average Bonchev–Trinajstić information content (AvgIpc) is 2.49. The van der Waals surface area contributed by atoms with Crippen LogP contribution in [0.1, 0.15) is 24.5 Å². The molecule has 0 fully saturated rings. The van der Waals surface area contributed by atoms with Crippen LogP contribution in [0.15, 0.2) is 60.7 Å². The van der Waals surface area contributed by atoms with Crippen LogP contribution in [0, 0.1) is 29.6 Å². The highest BCUT2D eigenvalue weighted by molar-refractivity contribution is 5.38. The molecule has 0 saturated heterocycles. The van der Waals surface area contributed by atoms with Gasteiger partial charge in [-0.1, -0.05) is 67.0 Å². The number of benzene rings is 2. The van der Waals surface area contributed by atoms with Crippen LogP contribution in [0.2, 0.25) is 0 Å². The maximum Gasteiger partial charge on any atom is 0.0816 e. The molecule has 2 aromatic rings. The minimum atomic E-state index is 0.125. The Morgan fingerprint density at radius 1 is 0.737 bits per heavy atom. The summed E-state index contributed by atoms with van der Waals surface area (Å²) in [5.74, 6) is 12.9. The first-order valence-corrected chi connectivity index (χ1v) is 6.51. The summed E-state index contributed by atoms with van der Waals surface area (Å²) < 4.78 is 0. The lowest BCUT2D eigenvalue weighted by atomic mass is 10.1. The van der Waals surface area contributed by atoms with Crippen molar-refractivity contribution < 1.29 is 0 Å². The lowest BCUT2D eigenvalue weighted by Gasteiger charge is -1.96. The van der Waals surface area contributed by atoms with E-state index >= 15 is 0 Å². The number of rotatable bonds is 1. The van der Waals surface area contributed by atoms with Crippen LogP contribution in [0.4, 0.5) is 0 Å². The maximum absolute atomic E-state index is 3.23. The highest BCUT2D eigenvalue weighted by atomic mass is 14.0. The molecule has 2 rings (SSSR count). The van der Waals surface area contributed by atoms with Gasteiger partial charge in [0.1, 0.15) is 0 Å². The summed E-state index contributed by atoms with van der Waals surface area (Å²) in [6.07, 6.45) is 0.944.